The van der Waals surface area contributed by atoms with Crippen LogP contribution in [0, 0.1) is 12.3 Å². The van der Waals surface area contributed by atoms with E-state index in [-0.39, 0.29) is 23.4 Å². The van der Waals surface area contributed by atoms with Gasteiger partial charge in [0, 0.05) is 23.9 Å². The fraction of sp³-hybridized carbons (Fsp3) is 0.350. The number of pyridine rings is 1. The first-order valence-corrected chi connectivity index (χ1v) is 9.79. The molecule has 11 nitrogen and oxygen atoms in total. The largest absolute Gasteiger partial charge is 0.462 e. The van der Waals surface area contributed by atoms with E-state index in [1.54, 1.807) is 42.1 Å². The van der Waals surface area contributed by atoms with Gasteiger partial charge in [0.1, 0.15) is 5.82 Å². The van der Waals surface area contributed by atoms with Crippen LogP contribution in [0.3, 0.4) is 0 Å². The number of aromatic amines is 1. The van der Waals surface area contributed by atoms with E-state index >= 15 is 0 Å². The first-order chi connectivity index (χ1) is 14.7. The van der Waals surface area contributed by atoms with Gasteiger partial charge in [-0.15, -0.1) is 10.2 Å². The summed E-state index contributed by atoms with van der Waals surface area (Å²) in [5.41, 5.74) is 1.50. The molecule has 0 aliphatic carbocycles. The van der Waals surface area contributed by atoms with E-state index in [0.29, 0.717) is 23.0 Å². The third kappa shape index (κ3) is 4.89. The lowest BCUT2D eigenvalue weighted by Gasteiger charge is -2.16. The van der Waals surface area contributed by atoms with E-state index < -0.39 is 5.97 Å². The van der Waals surface area contributed by atoms with Crippen molar-refractivity contribution in [2.45, 2.75) is 40.0 Å². The van der Waals surface area contributed by atoms with Crippen LogP contribution in [0.15, 0.2) is 46.0 Å². The molecular formula is C20H26N9O2+. The van der Waals surface area contributed by atoms with Crippen LogP contribution in [0.4, 0.5) is 11.5 Å². The summed E-state index contributed by atoms with van der Waals surface area (Å²) >= 11 is 0. The van der Waals surface area contributed by atoms with Crippen LogP contribution in [0.2, 0.25) is 0 Å². The van der Waals surface area contributed by atoms with Crippen LogP contribution in [0.1, 0.15) is 39.2 Å². The van der Waals surface area contributed by atoms with Gasteiger partial charge in [-0.3, -0.25) is 5.10 Å². The van der Waals surface area contributed by atoms with Gasteiger partial charge in [0.25, 0.3) is 5.82 Å². The number of nitrogens with two attached hydrogens (primary N) is 1. The Hall–Kier alpha value is -3.73. The zero-order valence-electron chi connectivity index (χ0n) is 18.2. The summed E-state index contributed by atoms with van der Waals surface area (Å²) in [7, 11) is 0. The predicted octanol–water partition coefficient (Wildman–Crippen LogP) is 2.46. The third-order valence-corrected chi connectivity index (χ3v) is 4.28. The summed E-state index contributed by atoms with van der Waals surface area (Å²) in [6.45, 7) is 9.75. The van der Waals surface area contributed by atoms with Gasteiger partial charge in [0.15, 0.2) is 11.3 Å². The van der Waals surface area contributed by atoms with Gasteiger partial charge in [0.2, 0.25) is 11.5 Å². The molecule has 0 aliphatic rings. The molecule has 3 aromatic rings. The maximum absolute atomic E-state index is 12.4. The van der Waals surface area contributed by atoms with Crippen molar-refractivity contribution in [3.8, 4) is 0 Å². The summed E-state index contributed by atoms with van der Waals surface area (Å²) in [5.74, 6) is 0.647. The highest BCUT2D eigenvalue weighted by Crippen LogP contribution is 2.34. The second-order valence-corrected chi connectivity index (χ2v) is 7.74. The highest BCUT2D eigenvalue weighted by Gasteiger charge is 2.26. The Labute approximate surface area is 179 Å². The number of carbonyl (C=O) groups is 1. The number of fused-ring (bicyclic) bond motifs is 1. The van der Waals surface area contributed by atoms with Gasteiger partial charge in [0.05, 0.1) is 12.3 Å². The fourth-order valence-electron chi connectivity index (χ4n) is 2.85. The zero-order chi connectivity index (χ0) is 22.6. The molecule has 0 spiro atoms. The number of aromatic nitrogens is 5. The number of ether oxygens (including phenoxy) is 1. The predicted molar refractivity (Wildman–Crippen MR) is 114 cm³/mol. The maximum atomic E-state index is 12.4. The summed E-state index contributed by atoms with van der Waals surface area (Å²) in [5, 5.41) is 25.6. The normalized spacial score (nSPS) is 12.9. The quantitative estimate of drug-likeness (QED) is 0.230. The van der Waals surface area contributed by atoms with Crippen molar-refractivity contribution >= 4 is 29.3 Å². The number of esters is 1. The van der Waals surface area contributed by atoms with Crippen LogP contribution >= 0.6 is 0 Å². The van der Waals surface area contributed by atoms with Crippen molar-refractivity contribution in [3.63, 3.8) is 0 Å². The van der Waals surface area contributed by atoms with Crippen LogP contribution in [-0.2, 0) is 14.9 Å². The molecule has 0 saturated carbocycles. The SMILES string of the molecule is CCOC(=O)C(C=N)=C(N=Nc1c(C(C)(C)C)[nH]n2nc(C)nc12)[NH2+]c1ccccn1. The number of hydrogen-bond donors (Lipinski definition) is 3. The fourth-order valence-corrected chi connectivity index (χ4v) is 2.85. The van der Waals surface area contributed by atoms with Crippen molar-refractivity contribution < 1.29 is 14.8 Å². The number of nitrogens with one attached hydrogen (secondary N) is 2. The summed E-state index contributed by atoms with van der Waals surface area (Å²) in [4.78, 5) is 21.1. The minimum absolute atomic E-state index is 0.0298. The van der Waals surface area contributed by atoms with E-state index in [9.17, 15) is 4.79 Å². The van der Waals surface area contributed by atoms with Crippen LogP contribution in [0.5, 0.6) is 0 Å². The number of nitrogens with zero attached hydrogens (tertiary/aromatic N) is 6. The Kier molecular flexibility index (Phi) is 6.35. The molecule has 0 aliphatic heterocycles. The Morgan fingerprint density at radius 1 is 1.39 bits per heavy atom. The molecule has 0 fully saturated rings. The summed E-state index contributed by atoms with van der Waals surface area (Å²) in [6, 6.07) is 5.36. The maximum Gasteiger partial charge on any atom is 0.347 e. The van der Waals surface area contributed by atoms with E-state index in [4.69, 9.17) is 10.1 Å². The van der Waals surface area contributed by atoms with Crippen LogP contribution < -0.4 is 5.32 Å². The lowest BCUT2D eigenvalue weighted by Crippen LogP contribution is -2.76. The second kappa shape index (κ2) is 8.96. The van der Waals surface area contributed by atoms with Crippen molar-refractivity contribution in [1.29, 1.82) is 5.41 Å². The van der Waals surface area contributed by atoms with Gasteiger partial charge in [-0.2, -0.15) is 4.63 Å². The minimum atomic E-state index is -0.660. The van der Waals surface area contributed by atoms with Gasteiger partial charge in [-0.25, -0.2) is 20.1 Å². The van der Waals surface area contributed by atoms with Crippen LogP contribution in [0.25, 0.3) is 5.65 Å². The number of hydrogen-bond acceptors (Lipinski definition) is 8. The minimum Gasteiger partial charge on any atom is -0.462 e. The Bertz CT molecular complexity index is 1150. The molecule has 0 atom stereocenters. The van der Waals surface area contributed by atoms with E-state index in [2.05, 4.69) is 30.4 Å². The average Bonchev–Trinajstić information content (AvgIpc) is 3.23. The lowest BCUT2D eigenvalue weighted by molar-refractivity contribution is -0.523. The van der Waals surface area contributed by atoms with Gasteiger partial charge in [-0.1, -0.05) is 32.0 Å². The molecule has 0 amide bonds. The lowest BCUT2D eigenvalue weighted by atomic mass is 9.91. The molecule has 0 unspecified atom stereocenters. The molecule has 31 heavy (non-hydrogen) atoms. The molecule has 0 saturated heterocycles. The molecule has 3 rings (SSSR count). The van der Waals surface area contributed by atoms with Crippen molar-refractivity contribution in [2.24, 2.45) is 10.2 Å². The van der Waals surface area contributed by atoms with Gasteiger partial charge in [-0.05, 0) is 19.9 Å². The number of azo groups is 1. The first kappa shape index (κ1) is 22.0. The molecule has 0 bridgehead atoms. The highest BCUT2D eigenvalue weighted by molar-refractivity contribution is 6.08. The Balaban J connectivity index is 2.13. The number of H-pyrrole nitrogens is 1. The molecule has 0 radical (unpaired) electrons. The monoisotopic (exact) mass is 424 g/mol. The van der Waals surface area contributed by atoms with E-state index in [1.165, 1.54) is 0 Å². The highest BCUT2D eigenvalue weighted by atomic mass is 16.5. The number of carbonyl (C=O) groups excluding carboxylic acids is 1. The molecule has 4 N–H and O–H groups in total. The van der Waals surface area contributed by atoms with Crippen molar-refractivity contribution in [1.82, 2.24) is 24.8 Å². The first-order valence-electron chi connectivity index (χ1n) is 9.79. The molecule has 0 aromatic carbocycles. The Morgan fingerprint density at radius 3 is 2.77 bits per heavy atom. The molecule has 162 valence electrons. The Morgan fingerprint density at radius 2 is 2.16 bits per heavy atom. The van der Waals surface area contributed by atoms with E-state index in [1.807, 2.05) is 26.8 Å². The smallest absolute Gasteiger partial charge is 0.347 e. The summed E-state index contributed by atoms with van der Waals surface area (Å²) < 4.78 is 6.63. The number of aryl methyl sites for hydroxylation is 1. The zero-order valence-corrected chi connectivity index (χ0v) is 18.2. The van der Waals surface area contributed by atoms with Crippen molar-refractivity contribution in [3.05, 3.63) is 47.3 Å². The average molecular weight is 424 g/mol. The van der Waals surface area contributed by atoms with Crippen LogP contribution in [-0.4, -0.2) is 43.6 Å². The second-order valence-electron chi connectivity index (χ2n) is 7.74. The third-order valence-electron chi connectivity index (χ3n) is 4.28. The molecular weight excluding hydrogens is 398 g/mol. The standard InChI is InChI=1S/C20H25N9O2/c1-6-31-19(30)13(11-21)17(24-14-9-7-8-10-22-14)26-25-15-16(20(3,4)5)28-29-18(15)23-12(2)27-29/h7-11,21,28H,6H2,1-5H3,(H,22,24)/p+1. The van der Waals surface area contributed by atoms with Crippen molar-refractivity contribution in [2.75, 3.05) is 6.61 Å². The van der Waals surface area contributed by atoms with E-state index in [0.717, 1.165) is 11.9 Å². The number of rotatable bonds is 7. The number of quaternary nitrogens is 1. The van der Waals surface area contributed by atoms with Gasteiger partial charge >= 0.3 is 5.97 Å². The molecule has 3 aromatic heterocycles. The van der Waals surface area contributed by atoms with Gasteiger partial charge < -0.3 is 10.1 Å². The molecule has 11 heteroatoms. The topological polar surface area (TPSA) is 150 Å². The molecule has 3 heterocycles. The summed E-state index contributed by atoms with van der Waals surface area (Å²) in [6.07, 6.45) is 2.53.